The summed E-state index contributed by atoms with van der Waals surface area (Å²) in [6, 6.07) is 13.0. The Morgan fingerprint density at radius 3 is 2.23 bits per heavy atom. The molecule has 192 valence electrons. The van der Waals surface area contributed by atoms with E-state index in [1.807, 2.05) is 19.9 Å². The molecule has 0 saturated heterocycles. The predicted octanol–water partition coefficient (Wildman–Crippen LogP) is 4.87. The molecule has 10 heteroatoms. The highest BCUT2D eigenvalue weighted by atomic mass is 35.5. The van der Waals surface area contributed by atoms with E-state index in [2.05, 4.69) is 5.32 Å². The van der Waals surface area contributed by atoms with Crippen LogP contribution in [0.4, 0.5) is 5.69 Å². The lowest BCUT2D eigenvalue weighted by atomic mass is 10.1. The van der Waals surface area contributed by atoms with Gasteiger partial charge in [-0.05, 0) is 62.6 Å². The third kappa shape index (κ3) is 9.02. The predicted molar refractivity (Wildman–Crippen MR) is 142 cm³/mol. The molecule has 0 fully saturated rings. The first-order valence-electron chi connectivity index (χ1n) is 11.5. The first-order chi connectivity index (χ1) is 16.4. The fourth-order valence-electron chi connectivity index (χ4n) is 3.52. The Kier molecular flexibility index (Phi) is 10.9. The molecule has 2 rings (SSSR count). The van der Waals surface area contributed by atoms with Gasteiger partial charge in [0.1, 0.15) is 6.04 Å². The fraction of sp³-hybridized carbons (Fsp3) is 0.440. The summed E-state index contributed by atoms with van der Waals surface area (Å²) >= 11 is 12.1. The minimum absolute atomic E-state index is 0.0194. The second-order valence-electron chi connectivity index (χ2n) is 8.56. The van der Waals surface area contributed by atoms with E-state index >= 15 is 0 Å². The van der Waals surface area contributed by atoms with Gasteiger partial charge >= 0.3 is 0 Å². The number of nitrogens with zero attached hydrogens (tertiary/aromatic N) is 2. The molecule has 2 aromatic rings. The molecule has 0 radical (unpaired) electrons. The van der Waals surface area contributed by atoms with Crippen LogP contribution < -0.4 is 9.62 Å². The molecule has 0 spiro atoms. The van der Waals surface area contributed by atoms with Crippen LogP contribution in [-0.2, 0) is 26.2 Å². The largest absolute Gasteiger partial charge is 0.352 e. The summed E-state index contributed by atoms with van der Waals surface area (Å²) in [5, 5.41) is 3.88. The van der Waals surface area contributed by atoms with Gasteiger partial charge in [-0.3, -0.25) is 13.9 Å². The SMILES string of the molecule is CCC(C)NC(=O)C(C)N(Cc1cccc(Cl)c1)C(=O)CCCN(c1cccc(Cl)c1)S(C)(=O)=O. The number of amides is 2. The molecule has 0 bridgehead atoms. The molecule has 1 N–H and O–H groups in total. The van der Waals surface area contributed by atoms with Gasteiger partial charge < -0.3 is 10.2 Å². The van der Waals surface area contributed by atoms with Crippen molar-refractivity contribution in [2.45, 2.75) is 58.7 Å². The third-order valence-corrected chi connectivity index (χ3v) is 7.32. The number of rotatable bonds is 12. The average molecular weight is 543 g/mol. The zero-order valence-electron chi connectivity index (χ0n) is 20.5. The topological polar surface area (TPSA) is 86.8 Å². The maximum Gasteiger partial charge on any atom is 0.242 e. The number of nitrogens with one attached hydrogen (secondary N) is 1. The molecule has 0 aliphatic heterocycles. The van der Waals surface area contributed by atoms with Crippen LogP contribution in [0, 0.1) is 0 Å². The molecule has 2 aromatic carbocycles. The fourth-order valence-corrected chi connectivity index (χ4v) is 4.87. The van der Waals surface area contributed by atoms with Crippen molar-refractivity contribution in [2.24, 2.45) is 0 Å². The molecule has 35 heavy (non-hydrogen) atoms. The lowest BCUT2D eigenvalue weighted by Crippen LogP contribution is -2.49. The van der Waals surface area contributed by atoms with Crippen LogP contribution in [0.1, 0.15) is 45.6 Å². The minimum atomic E-state index is -3.58. The highest BCUT2D eigenvalue weighted by Gasteiger charge is 2.27. The van der Waals surface area contributed by atoms with Gasteiger partial charge in [0, 0.05) is 35.6 Å². The van der Waals surface area contributed by atoms with Crippen LogP contribution in [0.15, 0.2) is 48.5 Å². The van der Waals surface area contributed by atoms with Crippen molar-refractivity contribution in [3.05, 3.63) is 64.1 Å². The Hall–Kier alpha value is -2.29. The summed E-state index contributed by atoms with van der Waals surface area (Å²) in [5.41, 5.74) is 1.23. The van der Waals surface area contributed by atoms with Crippen LogP contribution in [0.2, 0.25) is 10.0 Å². The number of hydrogen-bond acceptors (Lipinski definition) is 4. The van der Waals surface area contributed by atoms with E-state index in [1.165, 1.54) is 9.21 Å². The van der Waals surface area contributed by atoms with Gasteiger partial charge in [0.2, 0.25) is 21.8 Å². The molecule has 2 unspecified atom stereocenters. The van der Waals surface area contributed by atoms with Crippen LogP contribution >= 0.6 is 23.2 Å². The van der Waals surface area contributed by atoms with Gasteiger partial charge in [-0.1, -0.05) is 48.3 Å². The van der Waals surface area contributed by atoms with Crippen molar-refractivity contribution in [1.29, 1.82) is 0 Å². The maximum absolute atomic E-state index is 13.3. The summed E-state index contributed by atoms with van der Waals surface area (Å²) in [4.78, 5) is 27.6. The number of hydrogen-bond donors (Lipinski definition) is 1. The minimum Gasteiger partial charge on any atom is -0.352 e. The zero-order chi connectivity index (χ0) is 26.2. The Balaban J connectivity index is 2.17. The Morgan fingerprint density at radius 2 is 1.66 bits per heavy atom. The highest BCUT2D eigenvalue weighted by molar-refractivity contribution is 7.92. The number of halogens is 2. The molecular weight excluding hydrogens is 509 g/mol. The van der Waals surface area contributed by atoms with Gasteiger partial charge in [0.05, 0.1) is 11.9 Å². The van der Waals surface area contributed by atoms with E-state index in [0.29, 0.717) is 15.7 Å². The lowest BCUT2D eigenvalue weighted by molar-refractivity contribution is -0.140. The maximum atomic E-state index is 13.3. The Morgan fingerprint density at radius 1 is 1.03 bits per heavy atom. The first kappa shape index (κ1) is 28.9. The van der Waals surface area contributed by atoms with Crippen molar-refractivity contribution < 1.29 is 18.0 Å². The lowest BCUT2D eigenvalue weighted by Gasteiger charge is -2.30. The molecule has 0 heterocycles. The number of sulfonamides is 1. The van der Waals surface area contributed by atoms with Gasteiger partial charge in [0.15, 0.2) is 0 Å². The summed E-state index contributed by atoms with van der Waals surface area (Å²) in [7, 11) is -3.58. The average Bonchev–Trinajstić information content (AvgIpc) is 2.78. The molecular formula is C25H33Cl2N3O4S. The van der Waals surface area contributed by atoms with E-state index in [0.717, 1.165) is 18.2 Å². The number of carbonyl (C=O) groups is 2. The molecule has 7 nitrogen and oxygen atoms in total. The first-order valence-corrected chi connectivity index (χ1v) is 14.1. The van der Waals surface area contributed by atoms with Gasteiger partial charge in [0.25, 0.3) is 0 Å². The highest BCUT2D eigenvalue weighted by Crippen LogP contribution is 2.23. The van der Waals surface area contributed by atoms with E-state index in [-0.39, 0.29) is 43.8 Å². The third-order valence-electron chi connectivity index (χ3n) is 5.66. The van der Waals surface area contributed by atoms with E-state index in [4.69, 9.17) is 23.2 Å². The van der Waals surface area contributed by atoms with Crippen molar-refractivity contribution in [3.63, 3.8) is 0 Å². The quantitative estimate of drug-likeness (QED) is 0.415. The second kappa shape index (κ2) is 13.1. The van der Waals surface area contributed by atoms with E-state index in [9.17, 15) is 18.0 Å². The smallest absolute Gasteiger partial charge is 0.242 e. The second-order valence-corrected chi connectivity index (χ2v) is 11.3. The summed E-state index contributed by atoms with van der Waals surface area (Å²) in [6.45, 7) is 5.87. The van der Waals surface area contributed by atoms with Crippen LogP contribution in [0.3, 0.4) is 0 Å². The molecule has 0 saturated carbocycles. The Labute approximate surface area is 218 Å². The van der Waals surface area contributed by atoms with E-state index < -0.39 is 16.1 Å². The summed E-state index contributed by atoms with van der Waals surface area (Å²) in [6.07, 6.45) is 2.21. The van der Waals surface area contributed by atoms with Crippen molar-refractivity contribution in [2.75, 3.05) is 17.1 Å². The number of benzene rings is 2. The molecule has 0 aliphatic rings. The standard InChI is InChI=1S/C25H33Cl2N3O4S/c1-5-18(2)28-25(32)19(3)29(17-20-9-6-10-21(26)15-20)24(31)13-8-14-30(35(4,33)34)23-12-7-11-22(27)16-23/h6-7,9-12,15-16,18-19H,5,8,13-14,17H2,1-4H3,(H,28,32). The van der Waals surface area contributed by atoms with Crippen LogP contribution in [0.5, 0.6) is 0 Å². The molecule has 2 amide bonds. The number of carbonyl (C=O) groups excluding carboxylic acids is 2. The summed E-state index contributed by atoms with van der Waals surface area (Å²) < 4.78 is 26.0. The van der Waals surface area contributed by atoms with Gasteiger partial charge in [-0.15, -0.1) is 0 Å². The summed E-state index contributed by atoms with van der Waals surface area (Å²) in [5.74, 6) is -0.497. The van der Waals surface area contributed by atoms with E-state index in [1.54, 1.807) is 49.4 Å². The van der Waals surface area contributed by atoms with Crippen LogP contribution in [-0.4, -0.2) is 50.0 Å². The van der Waals surface area contributed by atoms with Crippen LogP contribution in [0.25, 0.3) is 0 Å². The normalized spacial score (nSPS) is 13.1. The Bertz CT molecular complexity index is 1130. The van der Waals surface area contributed by atoms with Gasteiger partial charge in [-0.25, -0.2) is 8.42 Å². The molecule has 2 atom stereocenters. The monoisotopic (exact) mass is 541 g/mol. The number of anilines is 1. The van der Waals surface area contributed by atoms with Crippen molar-refractivity contribution >= 4 is 50.7 Å². The van der Waals surface area contributed by atoms with Gasteiger partial charge in [-0.2, -0.15) is 0 Å². The van der Waals surface area contributed by atoms with Crippen molar-refractivity contribution in [3.8, 4) is 0 Å². The zero-order valence-corrected chi connectivity index (χ0v) is 22.8. The molecule has 0 aliphatic carbocycles. The molecule has 0 aromatic heterocycles. The van der Waals surface area contributed by atoms with Crippen molar-refractivity contribution in [1.82, 2.24) is 10.2 Å².